The number of carbonyl (C=O) groups excluding carboxylic acids is 2. The molecule has 1 N–H and O–H groups in total. The predicted octanol–water partition coefficient (Wildman–Crippen LogP) is 4.14. The van der Waals surface area contributed by atoms with Crippen molar-refractivity contribution in [3.8, 4) is 0 Å². The van der Waals surface area contributed by atoms with Crippen LogP contribution in [0.2, 0.25) is 5.02 Å². The van der Waals surface area contributed by atoms with Crippen LogP contribution in [0.25, 0.3) is 0 Å². The van der Waals surface area contributed by atoms with Crippen LogP contribution in [0.4, 0.5) is 0 Å². The van der Waals surface area contributed by atoms with Crippen LogP contribution in [-0.2, 0) is 26.2 Å². The van der Waals surface area contributed by atoms with Gasteiger partial charge in [-0.15, -0.1) is 0 Å². The van der Waals surface area contributed by atoms with E-state index in [2.05, 4.69) is 5.32 Å². The number of hydrogen-bond donors (Lipinski definition) is 1. The Morgan fingerprint density at radius 2 is 1.63 bits per heavy atom. The standard InChI is InChI=1S/C26H34ClN3O4S/c1-19-9-11-21(12-10-19)17-30(20(2)26(32)28-23-7-5-4-6-8-23)25(31)18-29(3)35(33,34)24-15-13-22(27)14-16-24/h9-16,20,23H,4-8,17-18H2,1-3H3,(H,28,32)/t20-/m1/s1. The van der Waals surface area contributed by atoms with Gasteiger partial charge in [0, 0.05) is 24.7 Å². The molecular formula is C26H34ClN3O4S. The van der Waals surface area contributed by atoms with Gasteiger partial charge >= 0.3 is 0 Å². The Kier molecular flexibility index (Phi) is 9.33. The topological polar surface area (TPSA) is 86.8 Å². The minimum Gasteiger partial charge on any atom is -0.352 e. The Morgan fingerprint density at radius 3 is 2.23 bits per heavy atom. The minimum absolute atomic E-state index is 0.0466. The summed E-state index contributed by atoms with van der Waals surface area (Å²) in [6.45, 7) is 3.48. The van der Waals surface area contributed by atoms with Crippen LogP contribution in [0, 0.1) is 6.92 Å². The third-order valence-electron chi connectivity index (χ3n) is 6.47. The van der Waals surface area contributed by atoms with Gasteiger partial charge < -0.3 is 10.2 Å². The highest BCUT2D eigenvalue weighted by Crippen LogP contribution is 2.20. The van der Waals surface area contributed by atoms with Crippen LogP contribution < -0.4 is 5.32 Å². The van der Waals surface area contributed by atoms with Crippen molar-refractivity contribution in [2.45, 2.75) is 69.5 Å². The van der Waals surface area contributed by atoms with Crippen LogP contribution in [0.1, 0.15) is 50.2 Å². The number of rotatable bonds is 9. The maximum Gasteiger partial charge on any atom is 0.243 e. The van der Waals surface area contributed by atoms with Crippen molar-refractivity contribution in [3.05, 3.63) is 64.7 Å². The molecular weight excluding hydrogens is 486 g/mol. The van der Waals surface area contributed by atoms with Gasteiger partial charge in [-0.1, -0.05) is 60.7 Å². The van der Waals surface area contributed by atoms with Crippen molar-refractivity contribution in [2.75, 3.05) is 13.6 Å². The lowest BCUT2D eigenvalue weighted by atomic mass is 9.95. The van der Waals surface area contributed by atoms with Crippen molar-refractivity contribution in [1.82, 2.24) is 14.5 Å². The fraction of sp³-hybridized carbons (Fsp3) is 0.462. The molecule has 35 heavy (non-hydrogen) atoms. The van der Waals surface area contributed by atoms with Crippen molar-refractivity contribution in [2.24, 2.45) is 0 Å². The molecule has 7 nitrogen and oxygen atoms in total. The lowest BCUT2D eigenvalue weighted by Gasteiger charge is -2.32. The first-order valence-corrected chi connectivity index (χ1v) is 13.8. The SMILES string of the molecule is Cc1ccc(CN(C(=O)CN(C)S(=O)(=O)c2ccc(Cl)cc2)[C@H](C)C(=O)NC2CCCCC2)cc1. The Balaban J connectivity index is 1.78. The smallest absolute Gasteiger partial charge is 0.243 e. The van der Waals surface area contributed by atoms with Crippen LogP contribution in [0.5, 0.6) is 0 Å². The monoisotopic (exact) mass is 519 g/mol. The number of halogens is 1. The zero-order valence-electron chi connectivity index (χ0n) is 20.5. The Labute approximate surface area is 213 Å². The summed E-state index contributed by atoms with van der Waals surface area (Å²) in [5.41, 5.74) is 1.95. The van der Waals surface area contributed by atoms with Crippen molar-refractivity contribution < 1.29 is 18.0 Å². The first-order valence-electron chi connectivity index (χ1n) is 11.9. The van der Waals surface area contributed by atoms with Gasteiger partial charge in [0.2, 0.25) is 21.8 Å². The molecule has 0 radical (unpaired) electrons. The lowest BCUT2D eigenvalue weighted by Crippen LogP contribution is -2.52. The average Bonchev–Trinajstić information content (AvgIpc) is 2.84. The minimum atomic E-state index is -3.90. The lowest BCUT2D eigenvalue weighted by molar-refractivity contribution is -0.141. The Morgan fingerprint density at radius 1 is 1.03 bits per heavy atom. The van der Waals surface area contributed by atoms with Crippen molar-refractivity contribution in [3.63, 3.8) is 0 Å². The molecule has 1 saturated carbocycles. The molecule has 9 heteroatoms. The molecule has 190 valence electrons. The Hall–Kier alpha value is -2.42. The van der Waals surface area contributed by atoms with Gasteiger partial charge in [-0.3, -0.25) is 9.59 Å². The van der Waals surface area contributed by atoms with E-state index in [9.17, 15) is 18.0 Å². The van der Waals surface area contributed by atoms with E-state index in [-0.39, 0.29) is 23.4 Å². The average molecular weight is 520 g/mol. The summed E-state index contributed by atoms with van der Waals surface area (Å²) in [7, 11) is -2.55. The van der Waals surface area contributed by atoms with E-state index in [1.54, 1.807) is 6.92 Å². The zero-order valence-corrected chi connectivity index (χ0v) is 22.1. The molecule has 2 aromatic carbocycles. The normalized spacial score (nSPS) is 15.6. The summed E-state index contributed by atoms with van der Waals surface area (Å²) in [5, 5.41) is 3.51. The molecule has 2 aromatic rings. The molecule has 0 saturated heterocycles. The molecule has 1 aliphatic carbocycles. The summed E-state index contributed by atoms with van der Waals surface area (Å²) >= 11 is 5.88. The molecule has 0 bridgehead atoms. The first kappa shape index (κ1) is 27.2. The van der Waals surface area contributed by atoms with E-state index in [1.165, 1.54) is 42.6 Å². The molecule has 0 heterocycles. The van der Waals surface area contributed by atoms with E-state index >= 15 is 0 Å². The molecule has 0 spiro atoms. The molecule has 1 aliphatic rings. The fourth-order valence-electron chi connectivity index (χ4n) is 4.19. The second-order valence-electron chi connectivity index (χ2n) is 9.24. The molecule has 1 atom stereocenters. The van der Waals surface area contributed by atoms with E-state index < -0.39 is 28.5 Å². The predicted molar refractivity (Wildman–Crippen MR) is 137 cm³/mol. The van der Waals surface area contributed by atoms with E-state index in [4.69, 9.17) is 11.6 Å². The Bertz CT molecular complexity index is 1110. The number of carbonyl (C=O) groups is 2. The van der Waals surface area contributed by atoms with Crippen LogP contribution in [0.15, 0.2) is 53.4 Å². The maximum atomic E-state index is 13.4. The van der Waals surface area contributed by atoms with Crippen LogP contribution in [-0.4, -0.2) is 55.1 Å². The maximum absolute atomic E-state index is 13.4. The van der Waals surface area contributed by atoms with Gasteiger partial charge in [-0.2, -0.15) is 4.31 Å². The third kappa shape index (κ3) is 7.29. The fourth-order valence-corrected chi connectivity index (χ4v) is 5.44. The second-order valence-corrected chi connectivity index (χ2v) is 11.7. The number of nitrogens with zero attached hydrogens (tertiary/aromatic N) is 2. The molecule has 0 aromatic heterocycles. The highest BCUT2D eigenvalue weighted by atomic mass is 35.5. The largest absolute Gasteiger partial charge is 0.352 e. The van der Waals surface area contributed by atoms with Gasteiger partial charge in [0.05, 0.1) is 11.4 Å². The van der Waals surface area contributed by atoms with E-state index in [1.807, 2.05) is 31.2 Å². The molecule has 2 amide bonds. The van der Waals surface area contributed by atoms with E-state index in [0.717, 1.165) is 41.1 Å². The first-order chi connectivity index (χ1) is 16.6. The van der Waals surface area contributed by atoms with Crippen molar-refractivity contribution >= 4 is 33.4 Å². The third-order valence-corrected chi connectivity index (χ3v) is 8.54. The molecule has 1 fully saturated rings. The summed E-state index contributed by atoms with van der Waals surface area (Å²) < 4.78 is 27.0. The number of nitrogens with one attached hydrogen (secondary N) is 1. The van der Waals surface area contributed by atoms with E-state index in [0.29, 0.717) is 5.02 Å². The number of amides is 2. The van der Waals surface area contributed by atoms with Gasteiger partial charge in [0.25, 0.3) is 0 Å². The number of aryl methyl sites for hydroxylation is 1. The number of likely N-dealkylation sites (N-methyl/N-ethyl adjacent to an activating group) is 1. The van der Waals surface area contributed by atoms with Gasteiger partial charge in [-0.25, -0.2) is 8.42 Å². The highest BCUT2D eigenvalue weighted by molar-refractivity contribution is 7.89. The summed E-state index contributed by atoms with van der Waals surface area (Å²) in [6.07, 6.45) is 5.21. The second kappa shape index (κ2) is 12.0. The molecule has 0 aliphatic heterocycles. The summed E-state index contributed by atoms with van der Waals surface area (Å²) in [5.74, 6) is -0.669. The van der Waals surface area contributed by atoms with Crippen molar-refractivity contribution in [1.29, 1.82) is 0 Å². The van der Waals surface area contributed by atoms with Gasteiger partial charge in [0.15, 0.2) is 0 Å². The van der Waals surface area contributed by atoms with Gasteiger partial charge in [0.1, 0.15) is 6.04 Å². The van der Waals surface area contributed by atoms with Gasteiger partial charge in [-0.05, 0) is 56.5 Å². The highest BCUT2D eigenvalue weighted by Gasteiger charge is 2.31. The van der Waals surface area contributed by atoms with Crippen LogP contribution >= 0.6 is 11.6 Å². The van der Waals surface area contributed by atoms with Crippen LogP contribution in [0.3, 0.4) is 0 Å². The summed E-state index contributed by atoms with van der Waals surface area (Å²) in [4.78, 5) is 28.0. The summed E-state index contributed by atoms with van der Waals surface area (Å²) in [6, 6.07) is 12.9. The molecule has 3 rings (SSSR count). The number of benzene rings is 2. The zero-order chi connectivity index (χ0) is 25.6. The number of hydrogen-bond acceptors (Lipinski definition) is 4. The quantitative estimate of drug-likeness (QED) is 0.539. The number of sulfonamides is 1. The molecule has 0 unspecified atom stereocenters.